The molecule has 0 fully saturated rings. The summed E-state index contributed by atoms with van der Waals surface area (Å²) in [6.07, 6.45) is 6.97. The van der Waals surface area contributed by atoms with E-state index in [4.69, 9.17) is 0 Å². The van der Waals surface area contributed by atoms with Crippen LogP contribution >= 0.6 is 0 Å². The average molecular weight is 263 g/mol. The number of hydrogen-bond donors (Lipinski definition) is 2. The van der Waals surface area contributed by atoms with Crippen LogP contribution in [0, 0.1) is 6.92 Å². The number of aliphatic hydroxyl groups is 1. The molecule has 104 valence electrons. The van der Waals surface area contributed by atoms with Gasteiger partial charge in [-0.3, -0.25) is 9.36 Å². The van der Waals surface area contributed by atoms with Gasteiger partial charge in [0.1, 0.15) is 0 Å². The summed E-state index contributed by atoms with van der Waals surface area (Å²) >= 11 is 0. The van der Waals surface area contributed by atoms with Crippen molar-refractivity contribution in [3.63, 3.8) is 0 Å². The van der Waals surface area contributed by atoms with E-state index in [1.54, 1.807) is 10.9 Å². The van der Waals surface area contributed by atoms with E-state index in [-0.39, 0.29) is 6.04 Å². The predicted molar refractivity (Wildman–Crippen MR) is 72.7 cm³/mol. The highest BCUT2D eigenvalue weighted by atomic mass is 16.3. The molecule has 2 heterocycles. The van der Waals surface area contributed by atoms with Gasteiger partial charge in [-0.05, 0) is 25.5 Å². The van der Waals surface area contributed by atoms with E-state index in [2.05, 4.69) is 22.4 Å². The first-order chi connectivity index (χ1) is 9.13. The Bertz CT molecular complexity index is 479. The van der Waals surface area contributed by atoms with Gasteiger partial charge in [-0.1, -0.05) is 0 Å². The van der Waals surface area contributed by atoms with E-state index >= 15 is 0 Å². The largest absolute Gasteiger partial charge is 0.390 e. The summed E-state index contributed by atoms with van der Waals surface area (Å²) in [5.74, 6) is 0. The third kappa shape index (κ3) is 4.50. The van der Waals surface area contributed by atoms with Crippen LogP contribution in [0.3, 0.4) is 0 Å². The van der Waals surface area contributed by atoms with E-state index in [1.165, 1.54) is 0 Å². The molecule has 0 radical (unpaired) electrons. The third-order valence-electron chi connectivity index (χ3n) is 2.88. The van der Waals surface area contributed by atoms with Crippen molar-refractivity contribution in [2.24, 2.45) is 0 Å². The maximum Gasteiger partial charge on any atom is 0.0860 e. The second-order valence-electron chi connectivity index (χ2n) is 4.93. The Morgan fingerprint density at radius 1 is 1.32 bits per heavy atom. The summed E-state index contributed by atoms with van der Waals surface area (Å²) in [7, 11) is 0. The normalized spacial score (nSPS) is 14.5. The molecule has 6 heteroatoms. The van der Waals surface area contributed by atoms with Crippen LogP contribution in [0.15, 0.2) is 30.9 Å². The van der Waals surface area contributed by atoms with Gasteiger partial charge in [-0.2, -0.15) is 10.2 Å². The molecule has 2 aromatic heterocycles. The number of hydrogen-bond acceptors (Lipinski definition) is 4. The molecule has 2 atom stereocenters. The van der Waals surface area contributed by atoms with Crippen LogP contribution in [0.1, 0.15) is 12.5 Å². The van der Waals surface area contributed by atoms with Crippen molar-refractivity contribution in [2.75, 3.05) is 6.54 Å². The Morgan fingerprint density at radius 3 is 2.79 bits per heavy atom. The van der Waals surface area contributed by atoms with E-state index < -0.39 is 6.10 Å². The number of aliphatic hydroxyl groups excluding tert-OH is 1. The Kier molecular flexibility index (Phi) is 4.70. The van der Waals surface area contributed by atoms with Crippen molar-refractivity contribution in [1.29, 1.82) is 0 Å². The lowest BCUT2D eigenvalue weighted by Gasteiger charge is -2.17. The molecule has 6 nitrogen and oxygen atoms in total. The molecule has 0 aromatic carbocycles. The molecule has 0 aliphatic rings. The molecule has 0 saturated heterocycles. The Labute approximate surface area is 113 Å². The molecule has 2 rings (SSSR count). The first kappa shape index (κ1) is 13.8. The van der Waals surface area contributed by atoms with Crippen molar-refractivity contribution < 1.29 is 5.11 Å². The highest BCUT2D eigenvalue weighted by molar-refractivity contribution is 4.99. The van der Waals surface area contributed by atoms with Crippen molar-refractivity contribution in [3.8, 4) is 0 Å². The molecular weight excluding hydrogens is 242 g/mol. The number of nitrogens with one attached hydrogen (secondary N) is 1. The summed E-state index contributed by atoms with van der Waals surface area (Å²) in [5, 5.41) is 21.5. The monoisotopic (exact) mass is 263 g/mol. The van der Waals surface area contributed by atoms with Gasteiger partial charge in [0.15, 0.2) is 0 Å². The lowest BCUT2D eigenvalue weighted by molar-refractivity contribution is 0.142. The molecule has 0 amide bonds. The smallest absolute Gasteiger partial charge is 0.0860 e. The Hall–Kier alpha value is -1.66. The molecule has 0 unspecified atom stereocenters. The van der Waals surface area contributed by atoms with Crippen molar-refractivity contribution in [2.45, 2.75) is 39.1 Å². The van der Waals surface area contributed by atoms with Crippen LogP contribution in [0.25, 0.3) is 0 Å². The molecule has 0 aliphatic carbocycles. The summed E-state index contributed by atoms with van der Waals surface area (Å²) in [6.45, 7) is 5.95. The summed E-state index contributed by atoms with van der Waals surface area (Å²) in [4.78, 5) is 0. The minimum atomic E-state index is -0.443. The van der Waals surface area contributed by atoms with Gasteiger partial charge < -0.3 is 10.4 Å². The molecule has 2 aromatic rings. The summed E-state index contributed by atoms with van der Waals surface area (Å²) in [6, 6.07) is 2.11. The van der Waals surface area contributed by atoms with Crippen LogP contribution in [0.2, 0.25) is 0 Å². The van der Waals surface area contributed by atoms with Gasteiger partial charge in [-0.15, -0.1) is 0 Å². The van der Waals surface area contributed by atoms with Gasteiger partial charge in [0.05, 0.1) is 25.4 Å². The van der Waals surface area contributed by atoms with Crippen LogP contribution in [0.5, 0.6) is 0 Å². The zero-order valence-electron chi connectivity index (χ0n) is 11.4. The quantitative estimate of drug-likeness (QED) is 0.760. The first-order valence-electron chi connectivity index (χ1n) is 6.51. The Morgan fingerprint density at radius 2 is 2.16 bits per heavy atom. The fourth-order valence-corrected chi connectivity index (χ4v) is 1.94. The molecule has 0 bridgehead atoms. The van der Waals surface area contributed by atoms with Gasteiger partial charge in [-0.25, -0.2) is 0 Å². The predicted octanol–water partition coefficient (Wildman–Crippen LogP) is 0.427. The lowest BCUT2D eigenvalue weighted by Crippen LogP contribution is -2.38. The summed E-state index contributed by atoms with van der Waals surface area (Å²) < 4.78 is 3.64. The second-order valence-corrected chi connectivity index (χ2v) is 4.93. The molecule has 0 saturated carbocycles. The SMILES string of the molecule is Cc1cnn(C[C@@H](C)NC[C@H](O)Cn2cccn2)c1. The van der Waals surface area contributed by atoms with E-state index in [0.29, 0.717) is 13.1 Å². The van der Waals surface area contributed by atoms with E-state index in [0.717, 1.165) is 12.1 Å². The highest BCUT2D eigenvalue weighted by Crippen LogP contribution is 1.97. The standard InChI is InChI=1S/C13H21N5O/c1-11-6-16-18(8-11)9-12(2)14-7-13(19)10-17-5-3-4-15-17/h3-6,8,12-14,19H,7,9-10H2,1-2H3/t12-,13+/m1/s1. The number of aryl methyl sites for hydroxylation is 1. The number of rotatable bonds is 7. The molecule has 0 spiro atoms. The van der Waals surface area contributed by atoms with Gasteiger partial charge in [0.2, 0.25) is 0 Å². The minimum absolute atomic E-state index is 0.256. The second kappa shape index (κ2) is 6.49. The van der Waals surface area contributed by atoms with Crippen LogP contribution in [-0.4, -0.2) is 43.4 Å². The van der Waals surface area contributed by atoms with Gasteiger partial charge in [0, 0.05) is 31.2 Å². The number of nitrogens with zero attached hydrogens (tertiary/aromatic N) is 4. The third-order valence-corrected chi connectivity index (χ3v) is 2.88. The van der Waals surface area contributed by atoms with Crippen molar-refractivity contribution in [1.82, 2.24) is 24.9 Å². The zero-order chi connectivity index (χ0) is 13.7. The maximum atomic E-state index is 9.89. The van der Waals surface area contributed by atoms with E-state index in [9.17, 15) is 5.11 Å². The lowest BCUT2D eigenvalue weighted by atomic mass is 10.3. The average Bonchev–Trinajstić information content (AvgIpc) is 2.99. The Balaban J connectivity index is 1.69. The van der Waals surface area contributed by atoms with Crippen LogP contribution < -0.4 is 5.32 Å². The number of aromatic nitrogens is 4. The van der Waals surface area contributed by atoms with E-state index in [1.807, 2.05) is 36.3 Å². The van der Waals surface area contributed by atoms with Crippen LogP contribution in [-0.2, 0) is 13.1 Å². The first-order valence-corrected chi connectivity index (χ1v) is 6.51. The maximum absolute atomic E-state index is 9.89. The van der Waals surface area contributed by atoms with Crippen molar-refractivity contribution >= 4 is 0 Å². The molecule has 2 N–H and O–H groups in total. The van der Waals surface area contributed by atoms with Gasteiger partial charge >= 0.3 is 0 Å². The molecular formula is C13H21N5O. The van der Waals surface area contributed by atoms with Crippen molar-refractivity contribution in [3.05, 3.63) is 36.4 Å². The molecule has 19 heavy (non-hydrogen) atoms. The molecule has 0 aliphatic heterocycles. The fourth-order valence-electron chi connectivity index (χ4n) is 1.94. The fraction of sp³-hybridized carbons (Fsp3) is 0.538. The topological polar surface area (TPSA) is 67.9 Å². The highest BCUT2D eigenvalue weighted by Gasteiger charge is 2.08. The minimum Gasteiger partial charge on any atom is -0.390 e. The van der Waals surface area contributed by atoms with Crippen LogP contribution in [0.4, 0.5) is 0 Å². The summed E-state index contributed by atoms with van der Waals surface area (Å²) in [5.41, 5.74) is 1.16. The zero-order valence-corrected chi connectivity index (χ0v) is 11.4. The van der Waals surface area contributed by atoms with Gasteiger partial charge in [0.25, 0.3) is 0 Å².